The monoisotopic (exact) mass is 401 g/mol. The number of benzene rings is 2. The Kier molecular flexibility index (Phi) is 6.40. The first-order chi connectivity index (χ1) is 14.7. The zero-order valence-corrected chi connectivity index (χ0v) is 17.3. The van der Waals surface area contributed by atoms with Gasteiger partial charge in [-0.3, -0.25) is 14.7 Å². The maximum Gasteiger partial charge on any atom is 0.254 e. The second kappa shape index (κ2) is 9.55. The summed E-state index contributed by atoms with van der Waals surface area (Å²) < 4.78 is 5.85. The van der Waals surface area contributed by atoms with Crippen LogP contribution in [-0.4, -0.2) is 46.9 Å². The molecule has 0 N–H and O–H groups in total. The molecule has 1 aliphatic heterocycles. The lowest BCUT2D eigenvalue weighted by Crippen LogP contribution is -2.48. The van der Waals surface area contributed by atoms with Crippen molar-refractivity contribution in [2.24, 2.45) is 0 Å². The predicted octanol–water partition coefficient (Wildman–Crippen LogP) is 3.93. The summed E-state index contributed by atoms with van der Waals surface area (Å²) in [7, 11) is 0. The summed E-state index contributed by atoms with van der Waals surface area (Å²) in [6.07, 6.45) is 3.52. The van der Waals surface area contributed by atoms with E-state index in [1.165, 1.54) is 11.1 Å². The summed E-state index contributed by atoms with van der Waals surface area (Å²) in [6.45, 7) is 6.78. The van der Waals surface area contributed by atoms with Crippen molar-refractivity contribution in [2.45, 2.75) is 20.1 Å². The number of nitrogens with zero attached hydrogens (tertiary/aromatic N) is 3. The molecule has 5 heteroatoms. The Morgan fingerprint density at radius 3 is 2.60 bits per heavy atom. The minimum atomic E-state index is 0.0670. The first-order valence-corrected chi connectivity index (χ1v) is 10.4. The fourth-order valence-electron chi connectivity index (χ4n) is 3.69. The number of hydrogen-bond donors (Lipinski definition) is 0. The molecular weight excluding hydrogens is 374 g/mol. The predicted molar refractivity (Wildman–Crippen MR) is 117 cm³/mol. The largest absolute Gasteiger partial charge is 0.489 e. The number of hydrogen-bond acceptors (Lipinski definition) is 4. The van der Waals surface area contributed by atoms with E-state index in [-0.39, 0.29) is 5.91 Å². The van der Waals surface area contributed by atoms with Crippen LogP contribution < -0.4 is 4.74 Å². The van der Waals surface area contributed by atoms with Crippen molar-refractivity contribution < 1.29 is 9.53 Å². The third-order valence-electron chi connectivity index (χ3n) is 5.52. The van der Waals surface area contributed by atoms with E-state index in [0.717, 1.165) is 38.3 Å². The molecule has 0 atom stereocenters. The van der Waals surface area contributed by atoms with Gasteiger partial charge in [-0.1, -0.05) is 36.4 Å². The van der Waals surface area contributed by atoms with Gasteiger partial charge in [0.2, 0.25) is 0 Å². The fraction of sp³-hybridized carbons (Fsp3) is 0.280. The molecule has 1 amide bonds. The molecular formula is C25H27N3O2. The standard InChI is InChI=1S/C25H27N3O2/c1-20-6-2-3-8-23(20)18-27-12-14-28(15-13-27)25(29)22-9-4-10-24(16-22)30-19-21-7-5-11-26-17-21/h2-11,16-17H,12-15,18-19H2,1H3. The van der Waals surface area contributed by atoms with E-state index in [1.54, 1.807) is 12.4 Å². The number of piperazine rings is 1. The van der Waals surface area contributed by atoms with Gasteiger partial charge in [0.15, 0.2) is 0 Å². The highest BCUT2D eigenvalue weighted by atomic mass is 16.5. The Morgan fingerprint density at radius 2 is 1.83 bits per heavy atom. The SMILES string of the molecule is Cc1ccccc1CN1CCN(C(=O)c2cccc(OCc3cccnc3)c2)CC1. The molecule has 1 aliphatic rings. The molecule has 1 fully saturated rings. The zero-order chi connectivity index (χ0) is 20.8. The number of carbonyl (C=O) groups excluding carboxylic acids is 1. The highest BCUT2D eigenvalue weighted by Gasteiger charge is 2.22. The normalized spacial score (nSPS) is 14.5. The second-order valence-corrected chi connectivity index (χ2v) is 7.67. The van der Waals surface area contributed by atoms with Crippen molar-refractivity contribution in [3.8, 4) is 5.75 Å². The van der Waals surface area contributed by atoms with Crippen LogP contribution in [0.2, 0.25) is 0 Å². The van der Waals surface area contributed by atoms with Gasteiger partial charge in [0.25, 0.3) is 5.91 Å². The van der Waals surface area contributed by atoms with E-state index in [0.29, 0.717) is 17.9 Å². The van der Waals surface area contributed by atoms with Gasteiger partial charge in [-0.05, 0) is 42.3 Å². The number of amides is 1. The van der Waals surface area contributed by atoms with E-state index in [2.05, 4.69) is 41.1 Å². The second-order valence-electron chi connectivity index (χ2n) is 7.67. The van der Waals surface area contributed by atoms with Crippen molar-refractivity contribution in [1.82, 2.24) is 14.8 Å². The number of rotatable bonds is 6. The van der Waals surface area contributed by atoms with Crippen LogP contribution in [0.3, 0.4) is 0 Å². The van der Waals surface area contributed by atoms with Crippen molar-refractivity contribution in [2.75, 3.05) is 26.2 Å². The molecule has 30 heavy (non-hydrogen) atoms. The van der Waals surface area contributed by atoms with Gasteiger partial charge in [0.05, 0.1) is 0 Å². The van der Waals surface area contributed by atoms with Crippen molar-refractivity contribution in [1.29, 1.82) is 0 Å². The van der Waals surface area contributed by atoms with Crippen LogP contribution in [0.25, 0.3) is 0 Å². The van der Waals surface area contributed by atoms with E-state index >= 15 is 0 Å². The molecule has 0 radical (unpaired) electrons. The minimum Gasteiger partial charge on any atom is -0.489 e. The Balaban J connectivity index is 1.32. The average Bonchev–Trinajstić information content (AvgIpc) is 2.80. The molecule has 4 rings (SSSR count). The molecule has 3 aromatic rings. The summed E-state index contributed by atoms with van der Waals surface area (Å²) in [5.41, 5.74) is 4.35. The van der Waals surface area contributed by atoms with Crippen LogP contribution in [0.15, 0.2) is 73.1 Å². The number of carbonyl (C=O) groups is 1. The van der Waals surface area contributed by atoms with Crippen LogP contribution in [0.4, 0.5) is 0 Å². The van der Waals surface area contributed by atoms with Gasteiger partial charge in [-0.2, -0.15) is 0 Å². The summed E-state index contributed by atoms with van der Waals surface area (Å²) in [5, 5.41) is 0. The molecule has 154 valence electrons. The van der Waals surface area contributed by atoms with Gasteiger partial charge in [-0.15, -0.1) is 0 Å². The number of aryl methyl sites for hydroxylation is 1. The Morgan fingerprint density at radius 1 is 1.00 bits per heavy atom. The maximum atomic E-state index is 13.0. The van der Waals surface area contributed by atoms with E-state index in [9.17, 15) is 4.79 Å². The lowest BCUT2D eigenvalue weighted by Gasteiger charge is -2.35. The summed E-state index contributed by atoms with van der Waals surface area (Å²) in [5.74, 6) is 0.764. The molecule has 1 aromatic heterocycles. The smallest absolute Gasteiger partial charge is 0.254 e. The summed E-state index contributed by atoms with van der Waals surface area (Å²) in [4.78, 5) is 21.4. The van der Waals surface area contributed by atoms with E-state index < -0.39 is 0 Å². The first kappa shape index (κ1) is 20.1. The van der Waals surface area contributed by atoms with Gasteiger partial charge in [0.1, 0.15) is 12.4 Å². The minimum absolute atomic E-state index is 0.0670. The van der Waals surface area contributed by atoms with Crippen LogP contribution in [0.5, 0.6) is 5.75 Å². The Hall–Kier alpha value is -3.18. The van der Waals surface area contributed by atoms with Crippen molar-refractivity contribution >= 4 is 5.91 Å². The van der Waals surface area contributed by atoms with Crippen LogP contribution >= 0.6 is 0 Å². The summed E-state index contributed by atoms with van der Waals surface area (Å²) >= 11 is 0. The molecule has 0 spiro atoms. The lowest BCUT2D eigenvalue weighted by atomic mass is 10.1. The summed E-state index contributed by atoms with van der Waals surface area (Å²) in [6, 6.07) is 19.8. The van der Waals surface area contributed by atoms with Crippen molar-refractivity contribution in [3.63, 3.8) is 0 Å². The van der Waals surface area contributed by atoms with Gasteiger partial charge in [0, 0.05) is 56.2 Å². The fourth-order valence-corrected chi connectivity index (χ4v) is 3.69. The number of ether oxygens (including phenoxy) is 1. The maximum absolute atomic E-state index is 13.0. The first-order valence-electron chi connectivity index (χ1n) is 10.4. The highest BCUT2D eigenvalue weighted by Crippen LogP contribution is 2.18. The molecule has 0 bridgehead atoms. The van der Waals surface area contributed by atoms with Crippen LogP contribution in [0, 0.1) is 6.92 Å². The quantitative estimate of drug-likeness (QED) is 0.628. The molecule has 0 saturated carbocycles. The molecule has 1 saturated heterocycles. The van der Waals surface area contributed by atoms with Gasteiger partial charge >= 0.3 is 0 Å². The van der Waals surface area contributed by atoms with Crippen LogP contribution in [0.1, 0.15) is 27.0 Å². The Labute approximate surface area is 177 Å². The zero-order valence-electron chi connectivity index (χ0n) is 17.3. The molecule has 2 aromatic carbocycles. The Bertz CT molecular complexity index is 982. The third-order valence-corrected chi connectivity index (χ3v) is 5.52. The highest BCUT2D eigenvalue weighted by molar-refractivity contribution is 5.94. The van der Waals surface area contributed by atoms with Gasteiger partial charge in [-0.25, -0.2) is 0 Å². The molecule has 2 heterocycles. The third kappa shape index (κ3) is 5.05. The van der Waals surface area contributed by atoms with E-state index in [4.69, 9.17) is 4.74 Å². The molecule has 0 aliphatic carbocycles. The number of pyridine rings is 1. The topological polar surface area (TPSA) is 45.7 Å². The lowest BCUT2D eigenvalue weighted by molar-refractivity contribution is 0.0627. The van der Waals surface area contributed by atoms with Crippen LogP contribution in [-0.2, 0) is 13.2 Å². The number of aromatic nitrogens is 1. The molecule has 5 nitrogen and oxygen atoms in total. The van der Waals surface area contributed by atoms with E-state index in [1.807, 2.05) is 41.3 Å². The van der Waals surface area contributed by atoms with Gasteiger partial charge < -0.3 is 9.64 Å². The average molecular weight is 402 g/mol. The molecule has 0 unspecified atom stereocenters. The van der Waals surface area contributed by atoms with Crippen molar-refractivity contribution in [3.05, 3.63) is 95.3 Å².